The summed E-state index contributed by atoms with van der Waals surface area (Å²) >= 11 is 0. The number of oxime groups is 2. The minimum atomic E-state index is -1.14. The molecule has 0 fully saturated rings. The van der Waals surface area contributed by atoms with E-state index in [0.29, 0.717) is 22.2 Å². The van der Waals surface area contributed by atoms with Gasteiger partial charge in [0.05, 0.1) is 11.2 Å². The minimum absolute atomic E-state index is 0.0414. The minimum Gasteiger partial charge on any atom is -0.411 e. The van der Waals surface area contributed by atoms with E-state index in [2.05, 4.69) is 15.8 Å². The maximum Gasteiger partial charge on any atom is 0.210 e. The predicted molar refractivity (Wildman–Crippen MR) is 165 cm³/mol. The van der Waals surface area contributed by atoms with Crippen LogP contribution in [0.3, 0.4) is 0 Å². The summed E-state index contributed by atoms with van der Waals surface area (Å²) < 4.78 is 0. The number of carbonyl (C=O) groups excluding carboxylic acids is 3. The van der Waals surface area contributed by atoms with Crippen molar-refractivity contribution >= 4 is 50.9 Å². The molecular formula is C33H34N4O6. The highest BCUT2D eigenvalue weighted by Gasteiger charge is 2.36. The number of hydrogen-bond acceptors (Lipinski definition) is 10. The van der Waals surface area contributed by atoms with E-state index in [1.54, 1.807) is 50.2 Å². The predicted octanol–water partition coefficient (Wildman–Crippen LogP) is 6.08. The Bertz CT molecular complexity index is 1700. The van der Waals surface area contributed by atoms with Crippen LogP contribution >= 0.6 is 0 Å². The van der Waals surface area contributed by atoms with E-state index in [1.165, 1.54) is 13.8 Å². The van der Waals surface area contributed by atoms with E-state index in [-0.39, 0.29) is 23.1 Å². The molecule has 1 aliphatic carbocycles. The van der Waals surface area contributed by atoms with Crippen LogP contribution in [0, 0.1) is 11.8 Å². The first-order valence-electron chi connectivity index (χ1n) is 13.7. The highest BCUT2D eigenvalue weighted by atomic mass is 16.5. The van der Waals surface area contributed by atoms with Crippen molar-refractivity contribution in [1.82, 2.24) is 5.48 Å². The van der Waals surface area contributed by atoms with E-state index in [0.717, 1.165) is 16.8 Å². The average molecular weight is 583 g/mol. The van der Waals surface area contributed by atoms with Crippen molar-refractivity contribution < 1.29 is 30.0 Å². The lowest BCUT2D eigenvalue weighted by atomic mass is 9.79. The van der Waals surface area contributed by atoms with Crippen molar-refractivity contribution in [2.75, 3.05) is 4.90 Å². The number of benzene rings is 3. The summed E-state index contributed by atoms with van der Waals surface area (Å²) in [5, 5.41) is 35.3. The van der Waals surface area contributed by atoms with Crippen LogP contribution in [0.15, 0.2) is 94.9 Å². The van der Waals surface area contributed by atoms with Gasteiger partial charge >= 0.3 is 0 Å². The van der Waals surface area contributed by atoms with Gasteiger partial charge in [-0.15, -0.1) is 0 Å². The third kappa shape index (κ3) is 6.01. The fraction of sp³-hybridized carbons (Fsp3) is 0.242. The largest absolute Gasteiger partial charge is 0.411 e. The first kappa shape index (κ1) is 31.0. The molecule has 0 heterocycles. The van der Waals surface area contributed by atoms with Crippen LogP contribution in [0.25, 0.3) is 10.8 Å². The summed E-state index contributed by atoms with van der Waals surface area (Å²) in [6, 6.07) is 17.7. The van der Waals surface area contributed by atoms with Crippen molar-refractivity contribution in [3.05, 3.63) is 95.7 Å². The number of carbonyl (C=O) groups is 3. The maximum atomic E-state index is 13.2. The molecule has 3 aromatic rings. The number of nitrogens with one attached hydrogen (secondary N) is 1. The van der Waals surface area contributed by atoms with Gasteiger partial charge in [-0.1, -0.05) is 53.7 Å². The van der Waals surface area contributed by atoms with Crippen molar-refractivity contribution in [3.63, 3.8) is 0 Å². The van der Waals surface area contributed by atoms with E-state index >= 15 is 0 Å². The molecule has 4 N–H and O–H groups in total. The molecule has 3 aromatic carbocycles. The maximum absolute atomic E-state index is 13.2. The summed E-state index contributed by atoms with van der Waals surface area (Å²) in [7, 11) is 0. The highest BCUT2D eigenvalue weighted by Crippen LogP contribution is 2.40. The van der Waals surface area contributed by atoms with Crippen molar-refractivity contribution in [3.8, 4) is 0 Å². The molecule has 2 unspecified atom stereocenters. The number of anilines is 2. The van der Waals surface area contributed by atoms with Gasteiger partial charge in [0.1, 0.15) is 11.4 Å². The lowest BCUT2D eigenvalue weighted by molar-refractivity contribution is -0.131. The van der Waals surface area contributed by atoms with Crippen LogP contribution in [0.4, 0.5) is 11.4 Å². The number of allylic oxidation sites excluding steroid dienone is 3. The summed E-state index contributed by atoms with van der Waals surface area (Å²) in [6.45, 7) is 8.02. The third-order valence-electron chi connectivity index (χ3n) is 7.66. The molecule has 1 aliphatic rings. The molecule has 0 saturated carbocycles. The van der Waals surface area contributed by atoms with E-state index in [4.69, 9.17) is 5.21 Å². The van der Waals surface area contributed by atoms with E-state index in [9.17, 15) is 24.8 Å². The second kappa shape index (κ2) is 12.5. The zero-order chi connectivity index (χ0) is 31.5. The lowest BCUT2D eigenvalue weighted by Gasteiger charge is -2.34. The number of Topliss-reactive ketones (excluding diaryl/α,β-unsaturated/α-hetero) is 3. The standard InChI is InChI=1S/C33H34N4O6/c1-19-18-24(14-15-25(19)32(40)33(4,5)36-43)37(23-12-10-22(11-13-23)30(38)20(2)34-41)29-17-16-28(31(39)21(3)35-42)26-8-6-7-9-27(26)29/h6-19,25,36,41-43H,1-5H3/b34-20+,35-21+. The first-order valence-corrected chi connectivity index (χ1v) is 13.7. The Morgan fingerprint density at radius 2 is 1.47 bits per heavy atom. The smallest absolute Gasteiger partial charge is 0.210 e. The Morgan fingerprint density at radius 1 is 0.860 bits per heavy atom. The Morgan fingerprint density at radius 3 is 2.05 bits per heavy atom. The van der Waals surface area contributed by atoms with Gasteiger partial charge in [0.25, 0.3) is 0 Å². The SMILES string of the molecule is C/C(=N\O)C(=O)c1ccc(N(C2=CC(C)C(C(=O)C(C)(C)NO)C=C2)c2ccc(C(=O)/C(C)=N/O)c3ccccc23)cc1. The Kier molecular flexibility index (Phi) is 9.03. The van der Waals surface area contributed by atoms with Crippen LogP contribution < -0.4 is 10.4 Å². The molecule has 222 valence electrons. The molecular weight excluding hydrogens is 548 g/mol. The van der Waals surface area contributed by atoms with Crippen molar-refractivity contribution in [2.24, 2.45) is 22.1 Å². The second-order valence-electron chi connectivity index (χ2n) is 11.0. The molecule has 0 amide bonds. The molecule has 0 spiro atoms. The fourth-order valence-electron chi connectivity index (χ4n) is 5.11. The van der Waals surface area contributed by atoms with Crippen LogP contribution in [-0.2, 0) is 4.79 Å². The van der Waals surface area contributed by atoms with Gasteiger partial charge in [0.2, 0.25) is 11.6 Å². The van der Waals surface area contributed by atoms with Gasteiger partial charge in [-0.2, -0.15) is 5.48 Å². The summed E-state index contributed by atoms with van der Waals surface area (Å²) in [4.78, 5) is 40.8. The number of hydrogen-bond donors (Lipinski definition) is 4. The van der Waals surface area contributed by atoms with Gasteiger partial charge < -0.3 is 20.5 Å². The Hall–Kier alpha value is -4.93. The molecule has 43 heavy (non-hydrogen) atoms. The summed E-state index contributed by atoms with van der Waals surface area (Å²) in [6.07, 6.45) is 5.62. The number of fused-ring (bicyclic) bond motifs is 1. The molecule has 10 heteroatoms. The van der Waals surface area contributed by atoms with E-state index in [1.807, 2.05) is 54.3 Å². The van der Waals surface area contributed by atoms with Gasteiger partial charge in [-0.25, -0.2) is 0 Å². The first-order chi connectivity index (χ1) is 20.4. The Labute approximate surface area is 249 Å². The average Bonchev–Trinajstić information content (AvgIpc) is 3.03. The van der Waals surface area contributed by atoms with Gasteiger partial charge in [0, 0.05) is 33.8 Å². The number of ketones is 3. The van der Waals surface area contributed by atoms with Crippen LogP contribution in [0.1, 0.15) is 55.3 Å². The monoisotopic (exact) mass is 582 g/mol. The van der Waals surface area contributed by atoms with Crippen molar-refractivity contribution in [2.45, 2.75) is 40.2 Å². The quantitative estimate of drug-likeness (QED) is 0.0972. The second-order valence-corrected chi connectivity index (χ2v) is 11.0. The summed E-state index contributed by atoms with van der Waals surface area (Å²) in [5.74, 6) is -1.71. The third-order valence-corrected chi connectivity index (χ3v) is 7.66. The number of hydroxylamine groups is 1. The molecule has 0 aromatic heterocycles. The lowest BCUT2D eigenvalue weighted by Crippen LogP contribution is -2.49. The van der Waals surface area contributed by atoms with Gasteiger partial charge in [-0.05, 0) is 81.5 Å². The van der Waals surface area contributed by atoms with E-state index < -0.39 is 23.0 Å². The van der Waals surface area contributed by atoms with Crippen LogP contribution in [-0.4, -0.2) is 49.9 Å². The normalized spacial score (nSPS) is 17.5. The number of nitrogens with zero attached hydrogens (tertiary/aromatic N) is 3. The van der Waals surface area contributed by atoms with Gasteiger partial charge in [0.15, 0.2) is 5.78 Å². The molecule has 0 saturated heterocycles. The van der Waals surface area contributed by atoms with Crippen LogP contribution in [0.2, 0.25) is 0 Å². The highest BCUT2D eigenvalue weighted by molar-refractivity contribution is 6.47. The van der Waals surface area contributed by atoms with Crippen molar-refractivity contribution in [1.29, 1.82) is 0 Å². The molecule has 0 bridgehead atoms. The number of rotatable bonds is 10. The molecule has 0 aliphatic heterocycles. The fourth-order valence-corrected chi connectivity index (χ4v) is 5.11. The van der Waals surface area contributed by atoms with Gasteiger partial charge in [-0.3, -0.25) is 14.4 Å². The van der Waals surface area contributed by atoms with Crippen LogP contribution in [0.5, 0.6) is 0 Å². The Balaban J connectivity index is 1.89. The zero-order valence-electron chi connectivity index (χ0n) is 24.6. The summed E-state index contributed by atoms with van der Waals surface area (Å²) in [5.41, 5.74) is 3.76. The molecule has 4 rings (SSSR count). The zero-order valence-corrected chi connectivity index (χ0v) is 24.6. The topological polar surface area (TPSA) is 152 Å². The molecule has 2 atom stereocenters. The molecule has 10 nitrogen and oxygen atoms in total. The molecule has 0 radical (unpaired) electrons.